The van der Waals surface area contributed by atoms with E-state index in [0.29, 0.717) is 17.1 Å². The van der Waals surface area contributed by atoms with Gasteiger partial charge < -0.3 is 9.84 Å². The second kappa shape index (κ2) is 8.87. The molecule has 172 valence electrons. The number of piperidine rings is 1. The quantitative estimate of drug-likeness (QED) is 0.536. The molecule has 2 saturated heterocycles. The standard InChI is InChI=1S/C27H34ClNO3/c1-16-3-9-23(10-4-16)32-25-12-6-19-13-18(5-11-24(19)26(25)28)17(2)29-21-7-8-22(29)15-20(14-21)27(30)31/h5-6,11-13,16-17,20-23H,3-4,7-10,14-15H2,1-2H3,(H,30,31)/t16-,17-,20?,21?,22?,23+/m1/s1. The van der Waals surface area contributed by atoms with Crippen LogP contribution in [0.1, 0.15) is 76.8 Å². The van der Waals surface area contributed by atoms with Crippen LogP contribution in [0, 0.1) is 11.8 Å². The van der Waals surface area contributed by atoms with E-state index in [9.17, 15) is 9.90 Å². The Bertz CT molecular complexity index is 986. The fraction of sp³-hybridized carbons (Fsp3) is 0.593. The summed E-state index contributed by atoms with van der Waals surface area (Å²) in [5, 5.41) is 12.4. The highest BCUT2D eigenvalue weighted by Crippen LogP contribution is 2.44. The van der Waals surface area contributed by atoms with Crippen LogP contribution in [0.15, 0.2) is 30.3 Å². The number of hydrogen-bond donors (Lipinski definition) is 1. The molecule has 0 radical (unpaired) electrons. The van der Waals surface area contributed by atoms with Gasteiger partial charge >= 0.3 is 5.97 Å². The first-order valence-electron chi connectivity index (χ1n) is 12.3. The number of hydrogen-bond acceptors (Lipinski definition) is 3. The Hall–Kier alpha value is -1.78. The van der Waals surface area contributed by atoms with E-state index in [1.807, 2.05) is 6.07 Å². The van der Waals surface area contributed by atoms with Crippen LogP contribution in [-0.4, -0.2) is 34.2 Å². The lowest BCUT2D eigenvalue weighted by Crippen LogP contribution is -2.45. The number of benzene rings is 2. The minimum atomic E-state index is -0.629. The summed E-state index contributed by atoms with van der Waals surface area (Å²) < 4.78 is 6.29. The Kier molecular flexibility index (Phi) is 6.11. The van der Waals surface area contributed by atoms with Crippen LogP contribution < -0.4 is 4.74 Å². The maximum atomic E-state index is 11.5. The fourth-order valence-corrected chi connectivity index (χ4v) is 6.67. The van der Waals surface area contributed by atoms with Gasteiger partial charge in [-0.05, 0) is 87.3 Å². The van der Waals surface area contributed by atoms with E-state index < -0.39 is 5.97 Å². The summed E-state index contributed by atoms with van der Waals surface area (Å²) >= 11 is 6.78. The van der Waals surface area contributed by atoms with E-state index in [2.05, 4.69) is 43.0 Å². The molecule has 3 fully saturated rings. The van der Waals surface area contributed by atoms with Crippen molar-refractivity contribution in [2.24, 2.45) is 11.8 Å². The van der Waals surface area contributed by atoms with Gasteiger partial charge in [0.25, 0.3) is 0 Å². The third kappa shape index (κ3) is 4.12. The molecule has 0 amide bonds. The van der Waals surface area contributed by atoms with Gasteiger partial charge in [0.15, 0.2) is 0 Å². The van der Waals surface area contributed by atoms with Crippen LogP contribution in [0.3, 0.4) is 0 Å². The number of nitrogens with zero attached hydrogens (tertiary/aromatic N) is 1. The SMILES string of the molecule is C[C@H](c1ccc2c(Cl)c(O[C@H]3CC[C@@H](C)CC3)ccc2c1)N1C2CCC1CC(C(=O)O)C2. The number of halogens is 1. The molecule has 5 rings (SSSR count). The third-order valence-electron chi connectivity index (χ3n) is 8.27. The van der Waals surface area contributed by atoms with Crippen molar-refractivity contribution in [1.82, 2.24) is 4.90 Å². The van der Waals surface area contributed by atoms with Crippen molar-refractivity contribution in [3.05, 3.63) is 40.9 Å². The summed E-state index contributed by atoms with van der Waals surface area (Å²) in [5.74, 6) is 0.785. The molecule has 0 spiro atoms. The van der Waals surface area contributed by atoms with Crippen LogP contribution in [0.4, 0.5) is 0 Å². The van der Waals surface area contributed by atoms with E-state index in [1.54, 1.807) is 0 Å². The number of fused-ring (bicyclic) bond motifs is 3. The molecule has 2 aliphatic heterocycles. The average Bonchev–Trinajstić information content (AvgIpc) is 3.05. The Morgan fingerprint density at radius 2 is 1.75 bits per heavy atom. The summed E-state index contributed by atoms with van der Waals surface area (Å²) in [4.78, 5) is 14.1. The van der Waals surface area contributed by atoms with Gasteiger partial charge in [-0.25, -0.2) is 0 Å². The molecule has 1 N–H and O–H groups in total. The molecule has 5 heteroatoms. The monoisotopic (exact) mass is 455 g/mol. The van der Waals surface area contributed by atoms with Gasteiger partial charge in [-0.15, -0.1) is 0 Å². The van der Waals surface area contributed by atoms with Gasteiger partial charge in [0.2, 0.25) is 0 Å². The molecular formula is C27H34ClNO3. The zero-order valence-electron chi connectivity index (χ0n) is 19.1. The van der Waals surface area contributed by atoms with Crippen molar-refractivity contribution in [2.45, 2.75) is 89.4 Å². The summed E-state index contributed by atoms with van der Waals surface area (Å²) in [6.07, 6.45) is 8.69. The van der Waals surface area contributed by atoms with Gasteiger partial charge in [-0.3, -0.25) is 9.69 Å². The number of rotatable bonds is 5. The number of carbonyl (C=O) groups is 1. The Morgan fingerprint density at radius 1 is 1.06 bits per heavy atom. The number of carboxylic acids is 1. The third-order valence-corrected chi connectivity index (χ3v) is 8.66. The molecule has 2 unspecified atom stereocenters. The second-order valence-corrected chi connectivity index (χ2v) is 10.8. The number of ether oxygens (including phenoxy) is 1. The van der Waals surface area contributed by atoms with Crippen LogP contribution in [0.5, 0.6) is 5.75 Å². The largest absolute Gasteiger partial charge is 0.489 e. The normalized spacial score (nSPS) is 31.5. The molecule has 3 atom stereocenters. The van der Waals surface area contributed by atoms with Crippen molar-refractivity contribution in [2.75, 3.05) is 0 Å². The molecule has 32 heavy (non-hydrogen) atoms. The first-order chi connectivity index (χ1) is 15.4. The first-order valence-corrected chi connectivity index (χ1v) is 12.7. The lowest BCUT2D eigenvalue weighted by atomic mass is 9.88. The van der Waals surface area contributed by atoms with Crippen molar-refractivity contribution in [3.8, 4) is 5.75 Å². The van der Waals surface area contributed by atoms with Crippen molar-refractivity contribution < 1.29 is 14.6 Å². The van der Waals surface area contributed by atoms with Crippen LogP contribution in [0.25, 0.3) is 10.8 Å². The maximum Gasteiger partial charge on any atom is 0.306 e. The summed E-state index contributed by atoms with van der Waals surface area (Å²) in [5.41, 5.74) is 1.27. The summed E-state index contributed by atoms with van der Waals surface area (Å²) in [6, 6.07) is 11.7. The highest BCUT2D eigenvalue weighted by atomic mass is 35.5. The molecule has 2 aromatic rings. The molecule has 2 heterocycles. The average molecular weight is 456 g/mol. The van der Waals surface area contributed by atoms with Gasteiger partial charge in [0.1, 0.15) is 5.75 Å². The van der Waals surface area contributed by atoms with Crippen LogP contribution in [-0.2, 0) is 4.79 Å². The predicted octanol–water partition coefficient (Wildman–Crippen LogP) is 6.84. The van der Waals surface area contributed by atoms with E-state index in [0.717, 1.165) is 61.0 Å². The van der Waals surface area contributed by atoms with Gasteiger partial charge in [0.05, 0.1) is 17.0 Å². The van der Waals surface area contributed by atoms with E-state index in [1.165, 1.54) is 18.4 Å². The summed E-state index contributed by atoms with van der Waals surface area (Å²) in [7, 11) is 0. The Morgan fingerprint density at radius 3 is 2.41 bits per heavy atom. The second-order valence-electron chi connectivity index (χ2n) is 10.4. The summed E-state index contributed by atoms with van der Waals surface area (Å²) in [6.45, 7) is 4.58. The molecule has 4 nitrogen and oxygen atoms in total. The lowest BCUT2D eigenvalue weighted by molar-refractivity contribution is -0.144. The fourth-order valence-electron chi connectivity index (χ4n) is 6.39. The minimum Gasteiger partial charge on any atom is -0.489 e. The highest BCUT2D eigenvalue weighted by molar-refractivity contribution is 6.37. The predicted molar refractivity (Wildman–Crippen MR) is 128 cm³/mol. The van der Waals surface area contributed by atoms with Crippen molar-refractivity contribution in [3.63, 3.8) is 0 Å². The zero-order chi connectivity index (χ0) is 22.4. The number of aliphatic carboxylic acids is 1. The first kappa shape index (κ1) is 22.0. The van der Waals surface area contributed by atoms with E-state index in [4.69, 9.17) is 16.3 Å². The van der Waals surface area contributed by atoms with Crippen molar-refractivity contribution in [1.29, 1.82) is 0 Å². The van der Waals surface area contributed by atoms with Gasteiger partial charge in [0, 0.05) is 23.5 Å². The van der Waals surface area contributed by atoms with E-state index in [-0.39, 0.29) is 18.1 Å². The maximum absolute atomic E-state index is 11.5. The van der Waals surface area contributed by atoms with Gasteiger partial charge in [-0.2, -0.15) is 0 Å². The van der Waals surface area contributed by atoms with Crippen molar-refractivity contribution >= 4 is 28.3 Å². The topological polar surface area (TPSA) is 49.8 Å². The number of carboxylic acid groups (broad SMARTS) is 1. The Balaban J connectivity index is 1.34. The molecule has 0 aromatic heterocycles. The van der Waals surface area contributed by atoms with Crippen LogP contribution in [0.2, 0.25) is 5.02 Å². The zero-order valence-corrected chi connectivity index (χ0v) is 19.9. The molecule has 1 aliphatic carbocycles. The Labute approximate surface area is 195 Å². The van der Waals surface area contributed by atoms with E-state index >= 15 is 0 Å². The smallest absolute Gasteiger partial charge is 0.306 e. The molecular weight excluding hydrogens is 422 g/mol. The lowest BCUT2D eigenvalue weighted by Gasteiger charge is -2.41. The van der Waals surface area contributed by atoms with Gasteiger partial charge in [-0.1, -0.05) is 36.7 Å². The molecule has 1 saturated carbocycles. The molecule has 3 aliphatic rings. The molecule has 2 aromatic carbocycles. The molecule has 2 bridgehead atoms. The highest BCUT2D eigenvalue weighted by Gasteiger charge is 2.45. The minimum absolute atomic E-state index is 0.183. The van der Waals surface area contributed by atoms with Crippen LogP contribution >= 0.6 is 11.6 Å².